The highest BCUT2D eigenvalue weighted by Crippen LogP contribution is 2.39. The molecule has 0 unspecified atom stereocenters. The highest BCUT2D eigenvalue weighted by atomic mass is 16.5. The average molecular weight is 467 g/mol. The number of H-pyrrole nitrogens is 1. The van der Waals surface area contributed by atoms with E-state index in [2.05, 4.69) is 20.6 Å². The van der Waals surface area contributed by atoms with Crippen molar-refractivity contribution >= 4 is 28.9 Å². The van der Waals surface area contributed by atoms with Gasteiger partial charge in [-0.05, 0) is 42.7 Å². The number of fused-ring (bicyclic) bond motifs is 1. The third-order valence-corrected chi connectivity index (χ3v) is 5.89. The lowest BCUT2D eigenvalue weighted by atomic mass is 9.95. The van der Waals surface area contributed by atoms with Crippen molar-refractivity contribution < 1.29 is 14.3 Å². The van der Waals surface area contributed by atoms with Crippen molar-refractivity contribution in [1.29, 1.82) is 0 Å². The van der Waals surface area contributed by atoms with Crippen molar-refractivity contribution in [2.75, 3.05) is 17.2 Å². The molecule has 0 bridgehead atoms. The van der Waals surface area contributed by atoms with Gasteiger partial charge in [-0.15, -0.1) is 0 Å². The zero-order chi connectivity index (χ0) is 24.0. The first kappa shape index (κ1) is 22.6. The van der Waals surface area contributed by atoms with Crippen LogP contribution in [0.25, 0.3) is 11.3 Å². The molecule has 0 saturated carbocycles. The highest BCUT2D eigenvalue weighted by Gasteiger charge is 2.27. The topological polar surface area (TPSA) is 96.1 Å². The molecule has 1 aliphatic rings. The summed E-state index contributed by atoms with van der Waals surface area (Å²) in [6.45, 7) is 0.283. The van der Waals surface area contributed by atoms with Gasteiger partial charge < -0.3 is 20.4 Å². The minimum absolute atomic E-state index is 0.0765. The van der Waals surface area contributed by atoms with Crippen LogP contribution in [0.15, 0.2) is 79.0 Å². The zero-order valence-corrected chi connectivity index (χ0v) is 19.2. The van der Waals surface area contributed by atoms with Gasteiger partial charge in [0.1, 0.15) is 12.4 Å². The van der Waals surface area contributed by atoms with Crippen LogP contribution in [-0.2, 0) is 22.6 Å². The molecule has 5 rings (SSSR count). The Morgan fingerprint density at radius 2 is 1.77 bits per heavy atom. The molecule has 2 heterocycles. The molecule has 176 valence electrons. The Morgan fingerprint density at radius 1 is 1.00 bits per heavy atom. The number of pyridine rings is 1. The number of aromatic nitrogens is 2. The first-order valence-electron chi connectivity index (χ1n) is 11.7. The van der Waals surface area contributed by atoms with Gasteiger partial charge >= 0.3 is 0 Å². The lowest BCUT2D eigenvalue weighted by molar-refractivity contribution is -0.121. The third-order valence-electron chi connectivity index (χ3n) is 5.89. The average Bonchev–Trinajstić information content (AvgIpc) is 3.25. The summed E-state index contributed by atoms with van der Waals surface area (Å²) < 4.78 is 5.53. The lowest BCUT2D eigenvalue weighted by Gasteiger charge is -2.14. The summed E-state index contributed by atoms with van der Waals surface area (Å²) in [5, 5.41) is 6.24. The van der Waals surface area contributed by atoms with Crippen molar-refractivity contribution in [3.05, 3.63) is 95.8 Å². The monoisotopic (exact) mass is 466 g/mol. The van der Waals surface area contributed by atoms with E-state index in [4.69, 9.17) is 4.74 Å². The van der Waals surface area contributed by atoms with E-state index in [0.717, 1.165) is 46.7 Å². The maximum Gasteiger partial charge on any atom is 0.251 e. The molecule has 1 aliphatic carbocycles. The smallest absolute Gasteiger partial charge is 0.251 e. The molecular weight excluding hydrogens is 440 g/mol. The van der Waals surface area contributed by atoms with E-state index in [9.17, 15) is 9.59 Å². The summed E-state index contributed by atoms with van der Waals surface area (Å²) in [5.74, 6) is 0.264. The Bertz CT molecular complexity index is 1330. The second-order valence-electron chi connectivity index (χ2n) is 8.45. The quantitative estimate of drug-likeness (QED) is 0.319. The zero-order valence-electron chi connectivity index (χ0n) is 19.2. The van der Waals surface area contributed by atoms with Gasteiger partial charge in [-0.2, -0.15) is 0 Å². The number of rotatable bonds is 8. The van der Waals surface area contributed by atoms with Crippen LogP contribution >= 0.6 is 0 Å². The van der Waals surface area contributed by atoms with E-state index in [-0.39, 0.29) is 18.3 Å². The second kappa shape index (κ2) is 10.4. The Balaban J connectivity index is 1.35. The fourth-order valence-electron chi connectivity index (χ4n) is 4.27. The Labute approximate surface area is 203 Å². The van der Waals surface area contributed by atoms with Crippen LogP contribution in [0.3, 0.4) is 0 Å². The van der Waals surface area contributed by atoms with Gasteiger partial charge in [-0.1, -0.05) is 48.5 Å². The number of nitrogens with zero attached hydrogens (tertiary/aromatic N) is 1. The number of nitrogens with one attached hydrogen (secondary N) is 3. The molecule has 4 aromatic rings. The summed E-state index contributed by atoms with van der Waals surface area (Å²) in [4.78, 5) is 33.0. The largest absolute Gasteiger partial charge is 0.367 e. The van der Waals surface area contributed by atoms with Crippen molar-refractivity contribution in [2.24, 2.45) is 0 Å². The predicted octanol–water partition coefficient (Wildman–Crippen LogP) is 5.49. The first-order chi connectivity index (χ1) is 17.2. The van der Waals surface area contributed by atoms with Gasteiger partial charge in [0.2, 0.25) is 0 Å². The number of aryl methyl sites for hydroxylation is 1. The molecule has 0 radical (unpaired) electrons. The fraction of sp³-hybridized carbons (Fsp3) is 0.179. The Kier molecular flexibility index (Phi) is 6.68. The molecule has 2 aromatic carbocycles. The Morgan fingerprint density at radius 3 is 2.57 bits per heavy atom. The second-order valence-corrected chi connectivity index (χ2v) is 8.45. The van der Waals surface area contributed by atoms with Crippen LogP contribution in [0.1, 0.15) is 34.5 Å². The molecule has 0 spiro atoms. The van der Waals surface area contributed by atoms with Crippen LogP contribution in [-0.4, -0.2) is 28.3 Å². The van der Waals surface area contributed by atoms with E-state index in [1.807, 2.05) is 66.7 Å². The summed E-state index contributed by atoms with van der Waals surface area (Å²) in [6, 6.07) is 23.1. The number of hydrogen-bond acceptors (Lipinski definition) is 5. The number of hydrogen-bond donors (Lipinski definition) is 3. The molecule has 0 aliphatic heterocycles. The molecule has 0 saturated heterocycles. The number of ketones is 1. The van der Waals surface area contributed by atoms with Crippen LogP contribution < -0.4 is 10.6 Å². The number of amides is 1. The highest BCUT2D eigenvalue weighted by molar-refractivity contribution is 6.07. The first-order valence-corrected chi connectivity index (χ1v) is 11.7. The molecule has 0 fully saturated rings. The van der Waals surface area contributed by atoms with Gasteiger partial charge in [0.05, 0.1) is 23.6 Å². The van der Waals surface area contributed by atoms with Crippen LogP contribution in [0, 0.1) is 0 Å². The fourth-order valence-corrected chi connectivity index (χ4v) is 4.27. The molecule has 0 atom stereocenters. The molecule has 2 aromatic heterocycles. The summed E-state index contributed by atoms with van der Waals surface area (Å²) in [6.07, 6.45) is 3.83. The number of carbonyl (C=O) groups is 2. The van der Waals surface area contributed by atoms with Crippen LogP contribution in [0.4, 0.5) is 17.2 Å². The maximum absolute atomic E-state index is 12.8. The number of ether oxygens (including phenoxy) is 1. The predicted molar refractivity (Wildman–Crippen MR) is 136 cm³/mol. The molecule has 7 heteroatoms. The summed E-state index contributed by atoms with van der Waals surface area (Å²) >= 11 is 0. The van der Waals surface area contributed by atoms with E-state index in [0.29, 0.717) is 24.4 Å². The number of para-hydroxylation sites is 1. The van der Waals surface area contributed by atoms with Crippen molar-refractivity contribution in [1.82, 2.24) is 9.97 Å². The summed E-state index contributed by atoms with van der Waals surface area (Å²) in [7, 11) is 0. The number of aromatic amines is 1. The van der Waals surface area contributed by atoms with E-state index < -0.39 is 0 Å². The maximum atomic E-state index is 12.8. The number of benzene rings is 2. The van der Waals surface area contributed by atoms with E-state index >= 15 is 0 Å². The van der Waals surface area contributed by atoms with Crippen molar-refractivity contribution in [3.8, 4) is 11.3 Å². The SMILES string of the molecule is O=C(COCc1ccccc1)Nc1cc(-c2[nH]c3c(c2Nc2ccccc2)C(=O)CCC3)ccn1. The molecule has 3 N–H and O–H groups in total. The van der Waals surface area contributed by atoms with Crippen LogP contribution in [0.5, 0.6) is 0 Å². The number of Topliss-reactive ketones (excluding diaryl/α,β-unsaturated/α-hetero) is 1. The third kappa shape index (κ3) is 5.31. The molecule has 7 nitrogen and oxygen atoms in total. The summed E-state index contributed by atoms with van der Waals surface area (Å²) in [5.41, 5.74) is 5.92. The minimum Gasteiger partial charge on any atom is -0.367 e. The van der Waals surface area contributed by atoms with Gasteiger partial charge in [0.15, 0.2) is 5.78 Å². The van der Waals surface area contributed by atoms with E-state index in [1.54, 1.807) is 12.3 Å². The van der Waals surface area contributed by atoms with E-state index in [1.165, 1.54) is 0 Å². The Hall–Kier alpha value is -4.23. The molecule has 35 heavy (non-hydrogen) atoms. The normalized spacial score (nSPS) is 12.7. The van der Waals surface area contributed by atoms with Crippen molar-refractivity contribution in [2.45, 2.75) is 25.9 Å². The standard InChI is InChI=1S/C28H26N4O3/c33-23-13-7-12-22-26(23)28(30-21-10-5-2-6-11-21)27(31-22)20-14-15-29-24(16-20)32-25(34)18-35-17-19-8-3-1-4-9-19/h1-6,8-11,14-16,30-31H,7,12-13,17-18H2,(H,29,32,34). The van der Waals surface area contributed by atoms with Gasteiger partial charge in [-0.25, -0.2) is 4.98 Å². The minimum atomic E-state index is -0.283. The van der Waals surface area contributed by atoms with Crippen molar-refractivity contribution in [3.63, 3.8) is 0 Å². The van der Waals surface area contributed by atoms with Gasteiger partial charge in [0, 0.05) is 29.6 Å². The van der Waals surface area contributed by atoms with Gasteiger partial charge in [-0.3, -0.25) is 9.59 Å². The number of anilines is 3. The molecular formula is C28H26N4O3. The lowest BCUT2D eigenvalue weighted by Crippen LogP contribution is -2.18. The van der Waals surface area contributed by atoms with Crippen LogP contribution in [0.2, 0.25) is 0 Å². The molecule has 1 amide bonds. The number of carbonyl (C=O) groups excluding carboxylic acids is 2. The van der Waals surface area contributed by atoms with Gasteiger partial charge in [0.25, 0.3) is 5.91 Å².